The maximum absolute atomic E-state index is 12.7. The Hall–Kier alpha value is -2.14. The molecule has 1 amide bonds. The van der Waals surface area contributed by atoms with Gasteiger partial charge in [-0.15, -0.1) is 0 Å². The van der Waals surface area contributed by atoms with Crippen LogP contribution in [0.2, 0.25) is 0 Å². The average Bonchev–Trinajstić information content (AvgIpc) is 2.99. The number of nitrogens with zero attached hydrogens (tertiary/aromatic N) is 3. The van der Waals surface area contributed by atoms with Crippen molar-refractivity contribution in [1.29, 1.82) is 0 Å². The van der Waals surface area contributed by atoms with Gasteiger partial charge in [0.25, 0.3) is 5.91 Å². The molecule has 0 bridgehead atoms. The molecule has 2 aromatic rings. The second-order valence-corrected chi connectivity index (χ2v) is 5.89. The lowest BCUT2D eigenvalue weighted by atomic mass is 10.1. The summed E-state index contributed by atoms with van der Waals surface area (Å²) >= 11 is 0. The maximum Gasteiger partial charge on any atom is 0.257 e. The predicted octanol–water partition coefficient (Wildman–Crippen LogP) is 1.75. The van der Waals surface area contributed by atoms with Crippen LogP contribution < -0.4 is 5.32 Å². The molecule has 2 unspecified atom stereocenters. The summed E-state index contributed by atoms with van der Waals surface area (Å²) in [6.45, 7) is 6.47. The van der Waals surface area contributed by atoms with Gasteiger partial charge in [0, 0.05) is 31.4 Å². The van der Waals surface area contributed by atoms with Gasteiger partial charge in [-0.2, -0.15) is 5.10 Å². The highest BCUT2D eigenvalue weighted by molar-refractivity contribution is 5.94. The van der Waals surface area contributed by atoms with Crippen LogP contribution in [0.4, 0.5) is 0 Å². The Kier molecular flexibility index (Phi) is 4.24. The third kappa shape index (κ3) is 3.04. The number of nitrogens with one attached hydrogen (secondary N) is 1. The van der Waals surface area contributed by atoms with Gasteiger partial charge < -0.3 is 10.2 Å². The van der Waals surface area contributed by atoms with Crippen LogP contribution >= 0.6 is 0 Å². The maximum atomic E-state index is 12.7. The fourth-order valence-electron chi connectivity index (χ4n) is 2.84. The second-order valence-electron chi connectivity index (χ2n) is 5.89. The Labute approximate surface area is 130 Å². The van der Waals surface area contributed by atoms with E-state index in [1.807, 2.05) is 34.0 Å². The molecule has 2 heterocycles. The van der Waals surface area contributed by atoms with E-state index in [2.05, 4.69) is 36.4 Å². The number of aromatic nitrogens is 2. The number of carbonyl (C=O) groups is 1. The summed E-state index contributed by atoms with van der Waals surface area (Å²) in [5.74, 6) is 0.0696. The number of benzene rings is 1. The van der Waals surface area contributed by atoms with Gasteiger partial charge in [0.05, 0.1) is 18.3 Å². The van der Waals surface area contributed by atoms with Gasteiger partial charge in [-0.1, -0.05) is 30.3 Å². The summed E-state index contributed by atoms with van der Waals surface area (Å²) in [4.78, 5) is 14.6. The van der Waals surface area contributed by atoms with E-state index in [0.717, 1.165) is 13.1 Å². The summed E-state index contributed by atoms with van der Waals surface area (Å²) in [6, 6.07) is 10.6. The third-order valence-corrected chi connectivity index (χ3v) is 4.36. The zero-order valence-electron chi connectivity index (χ0n) is 13.1. The summed E-state index contributed by atoms with van der Waals surface area (Å²) < 4.78 is 1.82. The molecule has 22 heavy (non-hydrogen) atoms. The van der Waals surface area contributed by atoms with E-state index in [1.165, 1.54) is 5.56 Å². The van der Waals surface area contributed by atoms with E-state index in [0.29, 0.717) is 18.2 Å². The van der Waals surface area contributed by atoms with Gasteiger partial charge in [-0.25, -0.2) is 0 Å². The lowest BCUT2D eigenvalue weighted by Gasteiger charge is -2.38. The van der Waals surface area contributed by atoms with Gasteiger partial charge in [-0.05, 0) is 19.4 Å². The zero-order valence-corrected chi connectivity index (χ0v) is 13.1. The van der Waals surface area contributed by atoms with Crippen LogP contribution in [-0.4, -0.2) is 45.8 Å². The smallest absolute Gasteiger partial charge is 0.257 e. The third-order valence-electron chi connectivity index (χ3n) is 4.36. The summed E-state index contributed by atoms with van der Waals surface area (Å²) in [6.07, 6.45) is 3.51. The molecule has 0 saturated carbocycles. The van der Waals surface area contributed by atoms with Gasteiger partial charge in [-0.3, -0.25) is 9.48 Å². The molecule has 3 rings (SSSR count). The van der Waals surface area contributed by atoms with Crippen molar-refractivity contribution in [2.45, 2.75) is 32.5 Å². The fourth-order valence-corrected chi connectivity index (χ4v) is 2.84. The molecule has 1 aliphatic rings. The molecule has 0 aliphatic carbocycles. The number of rotatable bonds is 3. The number of amides is 1. The van der Waals surface area contributed by atoms with E-state index in [9.17, 15) is 4.79 Å². The largest absolute Gasteiger partial charge is 0.333 e. The monoisotopic (exact) mass is 298 g/mol. The molecule has 2 atom stereocenters. The molecular weight excluding hydrogens is 276 g/mol. The molecule has 1 aliphatic heterocycles. The Morgan fingerprint density at radius 3 is 2.86 bits per heavy atom. The molecule has 1 saturated heterocycles. The average molecular weight is 298 g/mol. The lowest BCUT2D eigenvalue weighted by molar-refractivity contribution is 0.0603. The molecule has 5 nitrogen and oxygen atoms in total. The minimum atomic E-state index is 0.0696. The Bertz CT molecular complexity index is 637. The number of hydrogen-bond acceptors (Lipinski definition) is 3. The topological polar surface area (TPSA) is 50.2 Å². The first kappa shape index (κ1) is 14.8. The summed E-state index contributed by atoms with van der Waals surface area (Å²) in [5, 5.41) is 7.72. The SMILES string of the molecule is CC1NCCN(C(=O)c2cnn(Cc3ccccc3)c2)C1C. The lowest BCUT2D eigenvalue weighted by Crippen LogP contribution is -2.57. The minimum Gasteiger partial charge on any atom is -0.333 e. The molecule has 1 fully saturated rings. The minimum absolute atomic E-state index is 0.0696. The van der Waals surface area contributed by atoms with Gasteiger partial charge in [0.1, 0.15) is 0 Å². The van der Waals surface area contributed by atoms with Crippen LogP contribution in [0.15, 0.2) is 42.7 Å². The first-order valence-corrected chi connectivity index (χ1v) is 7.76. The van der Waals surface area contributed by atoms with E-state index < -0.39 is 0 Å². The highest BCUT2D eigenvalue weighted by Gasteiger charge is 2.29. The number of hydrogen-bond donors (Lipinski definition) is 1. The van der Waals surface area contributed by atoms with Crippen LogP contribution in [0.1, 0.15) is 29.8 Å². The van der Waals surface area contributed by atoms with Gasteiger partial charge >= 0.3 is 0 Å². The van der Waals surface area contributed by atoms with Crippen molar-refractivity contribution < 1.29 is 4.79 Å². The van der Waals surface area contributed by atoms with Gasteiger partial charge in [0.2, 0.25) is 0 Å². The highest BCUT2D eigenvalue weighted by Crippen LogP contribution is 2.14. The quantitative estimate of drug-likeness (QED) is 0.939. The molecule has 5 heteroatoms. The van der Waals surface area contributed by atoms with Gasteiger partial charge in [0.15, 0.2) is 0 Å². The van der Waals surface area contributed by atoms with E-state index in [-0.39, 0.29) is 11.9 Å². The van der Waals surface area contributed by atoms with E-state index in [4.69, 9.17) is 0 Å². The van der Waals surface area contributed by atoms with Crippen molar-refractivity contribution in [2.24, 2.45) is 0 Å². The summed E-state index contributed by atoms with van der Waals surface area (Å²) in [5.41, 5.74) is 1.84. The van der Waals surface area contributed by atoms with Crippen molar-refractivity contribution >= 4 is 5.91 Å². The van der Waals surface area contributed by atoms with Crippen molar-refractivity contribution in [3.8, 4) is 0 Å². The zero-order chi connectivity index (χ0) is 15.5. The molecule has 1 aromatic carbocycles. The molecule has 116 valence electrons. The van der Waals surface area contributed by atoms with Crippen molar-refractivity contribution in [1.82, 2.24) is 20.0 Å². The second kappa shape index (κ2) is 6.32. The molecule has 0 radical (unpaired) electrons. The first-order chi connectivity index (χ1) is 10.6. The fraction of sp³-hybridized carbons (Fsp3) is 0.412. The van der Waals surface area contributed by atoms with Crippen molar-refractivity contribution in [3.63, 3.8) is 0 Å². The van der Waals surface area contributed by atoms with E-state index in [1.54, 1.807) is 6.20 Å². The Balaban J connectivity index is 1.71. The standard InChI is InChI=1S/C17H22N4O/c1-13-14(2)21(9-8-18-13)17(22)16-10-19-20(12-16)11-15-6-4-3-5-7-15/h3-7,10,12-14,18H,8-9,11H2,1-2H3. The summed E-state index contributed by atoms with van der Waals surface area (Å²) in [7, 11) is 0. The van der Waals surface area contributed by atoms with Crippen LogP contribution in [0.3, 0.4) is 0 Å². The molecule has 1 N–H and O–H groups in total. The number of carbonyl (C=O) groups excluding carboxylic acids is 1. The normalized spacial score (nSPS) is 21.8. The molecular formula is C17H22N4O. The first-order valence-electron chi connectivity index (χ1n) is 7.76. The van der Waals surface area contributed by atoms with Crippen molar-refractivity contribution in [2.75, 3.05) is 13.1 Å². The Morgan fingerprint density at radius 2 is 2.09 bits per heavy atom. The molecule has 1 aromatic heterocycles. The highest BCUT2D eigenvalue weighted by atomic mass is 16.2. The van der Waals surface area contributed by atoms with Crippen LogP contribution in [0, 0.1) is 0 Å². The van der Waals surface area contributed by atoms with Crippen LogP contribution in [0.5, 0.6) is 0 Å². The predicted molar refractivity (Wildman–Crippen MR) is 85.7 cm³/mol. The van der Waals surface area contributed by atoms with E-state index >= 15 is 0 Å². The van der Waals surface area contributed by atoms with Crippen molar-refractivity contribution in [3.05, 3.63) is 53.9 Å². The Morgan fingerprint density at radius 1 is 1.32 bits per heavy atom. The number of piperazine rings is 1. The van der Waals surface area contributed by atoms with Crippen LogP contribution in [-0.2, 0) is 6.54 Å². The van der Waals surface area contributed by atoms with Crippen LogP contribution in [0.25, 0.3) is 0 Å². The molecule has 0 spiro atoms.